The van der Waals surface area contributed by atoms with Gasteiger partial charge < -0.3 is 4.57 Å². The van der Waals surface area contributed by atoms with Crippen molar-refractivity contribution in [3.8, 4) is 0 Å². The molecule has 0 bridgehead atoms. The van der Waals surface area contributed by atoms with Crippen LogP contribution in [0.2, 0.25) is 0 Å². The van der Waals surface area contributed by atoms with E-state index in [-0.39, 0.29) is 5.56 Å². The monoisotopic (exact) mass is 274 g/mol. The van der Waals surface area contributed by atoms with Crippen molar-refractivity contribution in [3.05, 3.63) is 45.8 Å². The Hall–Kier alpha value is -1.95. The van der Waals surface area contributed by atoms with Crippen molar-refractivity contribution in [2.24, 2.45) is 0 Å². The normalized spacial score (nSPS) is 11.3. The Kier molecular flexibility index (Phi) is 2.94. The standard InChI is InChI=1S/C13H14N4OS/c1-9-7-19-12-11(9)15-8-17(13(12)18)6-5-16-4-3-14-10(16)2/h3-4,7-8H,5-6H2,1-2H3. The fourth-order valence-electron chi connectivity index (χ4n) is 2.08. The molecule has 0 spiro atoms. The number of aromatic nitrogens is 4. The predicted octanol–water partition coefficient (Wildman–Crippen LogP) is 1.97. The van der Waals surface area contributed by atoms with E-state index >= 15 is 0 Å². The molecule has 0 N–H and O–H groups in total. The van der Waals surface area contributed by atoms with Crippen molar-refractivity contribution in [2.75, 3.05) is 0 Å². The lowest BCUT2D eigenvalue weighted by Gasteiger charge is -2.07. The molecule has 0 aromatic carbocycles. The average Bonchev–Trinajstić information content (AvgIpc) is 2.96. The SMILES string of the molecule is Cc1csc2c(=O)n(CCn3ccnc3C)cnc12. The summed E-state index contributed by atoms with van der Waals surface area (Å²) in [5.74, 6) is 0.953. The fraction of sp³-hybridized carbons (Fsp3) is 0.308. The molecule has 3 aromatic rings. The number of thiophene rings is 1. The molecule has 19 heavy (non-hydrogen) atoms. The van der Waals surface area contributed by atoms with Gasteiger partial charge in [0.1, 0.15) is 10.5 Å². The van der Waals surface area contributed by atoms with Crippen molar-refractivity contribution in [2.45, 2.75) is 26.9 Å². The number of hydrogen-bond acceptors (Lipinski definition) is 4. The Morgan fingerprint density at radius 2 is 2.00 bits per heavy atom. The van der Waals surface area contributed by atoms with Gasteiger partial charge in [0.2, 0.25) is 0 Å². The second kappa shape index (κ2) is 4.62. The molecule has 0 radical (unpaired) electrons. The van der Waals surface area contributed by atoms with Crippen LogP contribution in [0.25, 0.3) is 10.2 Å². The molecule has 6 heteroatoms. The molecule has 98 valence electrons. The smallest absolute Gasteiger partial charge is 0.271 e. The van der Waals surface area contributed by atoms with E-state index in [1.165, 1.54) is 11.3 Å². The summed E-state index contributed by atoms with van der Waals surface area (Å²) in [4.78, 5) is 20.8. The van der Waals surface area contributed by atoms with Crippen LogP contribution >= 0.6 is 11.3 Å². The van der Waals surface area contributed by atoms with Gasteiger partial charge >= 0.3 is 0 Å². The minimum Gasteiger partial charge on any atom is -0.333 e. The van der Waals surface area contributed by atoms with E-state index in [2.05, 4.69) is 9.97 Å². The summed E-state index contributed by atoms with van der Waals surface area (Å²) in [5.41, 5.74) is 1.93. The van der Waals surface area contributed by atoms with Gasteiger partial charge in [-0.15, -0.1) is 11.3 Å². The third kappa shape index (κ3) is 2.08. The van der Waals surface area contributed by atoms with E-state index in [0.29, 0.717) is 6.54 Å². The molecule has 3 heterocycles. The Bertz CT molecular complexity index is 783. The first-order chi connectivity index (χ1) is 9.16. The minimum absolute atomic E-state index is 0.0425. The first kappa shape index (κ1) is 12.1. The molecule has 0 unspecified atom stereocenters. The maximum atomic E-state index is 12.3. The summed E-state index contributed by atoms with van der Waals surface area (Å²) >= 11 is 1.47. The molecule has 0 saturated carbocycles. The van der Waals surface area contributed by atoms with Gasteiger partial charge in [-0.1, -0.05) is 0 Å². The van der Waals surface area contributed by atoms with Crippen molar-refractivity contribution in [1.82, 2.24) is 19.1 Å². The highest BCUT2D eigenvalue weighted by molar-refractivity contribution is 7.17. The van der Waals surface area contributed by atoms with Gasteiger partial charge in [-0.25, -0.2) is 9.97 Å². The van der Waals surface area contributed by atoms with Gasteiger partial charge in [0, 0.05) is 25.5 Å². The zero-order chi connectivity index (χ0) is 13.4. The Morgan fingerprint density at radius 1 is 1.21 bits per heavy atom. The Labute approximate surface area is 114 Å². The van der Waals surface area contributed by atoms with Crippen LogP contribution < -0.4 is 5.56 Å². The second-order valence-electron chi connectivity index (χ2n) is 4.51. The molecular formula is C13H14N4OS. The zero-order valence-corrected chi connectivity index (χ0v) is 11.6. The molecule has 5 nitrogen and oxygen atoms in total. The van der Waals surface area contributed by atoms with E-state index in [1.54, 1.807) is 17.1 Å². The van der Waals surface area contributed by atoms with E-state index in [9.17, 15) is 4.79 Å². The van der Waals surface area contributed by atoms with Gasteiger partial charge in [-0.3, -0.25) is 9.36 Å². The first-order valence-electron chi connectivity index (χ1n) is 6.08. The summed E-state index contributed by atoms with van der Waals surface area (Å²) in [6.45, 7) is 5.26. The van der Waals surface area contributed by atoms with Crippen molar-refractivity contribution in [3.63, 3.8) is 0 Å². The van der Waals surface area contributed by atoms with Gasteiger partial charge in [0.15, 0.2) is 0 Å². The van der Waals surface area contributed by atoms with Crippen LogP contribution in [-0.2, 0) is 13.1 Å². The molecule has 0 atom stereocenters. The minimum atomic E-state index is 0.0425. The van der Waals surface area contributed by atoms with Gasteiger partial charge in [0.05, 0.1) is 11.8 Å². The van der Waals surface area contributed by atoms with Gasteiger partial charge in [0.25, 0.3) is 5.56 Å². The molecule has 3 aromatic heterocycles. The average molecular weight is 274 g/mol. The number of rotatable bonds is 3. The summed E-state index contributed by atoms with van der Waals surface area (Å²) in [6, 6.07) is 0. The highest BCUT2D eigenvalue weighted by atomic mass is 32.1. The summed E-state index contributed by atoms with van der Waals surface area (Å²) in [7, 11) is 0. The number of imidazole rings is 1. The predicted molar refractivity (Wildman–Crippen MR) is 75.6 cm³/mol. The lowest BCUT2D eigenvalue weighted by Crippen LogP contribution is -2.22. The zero-order valence-electron chi connectivity index (χ0n) is 10.8. The lowest BCUT2D eigenvalue weighted by atomic mass is 10.3. The van der Waals surface area contributed by atoms with E-state index in [4.69, 9.17) is 0 Å². The maximum Gasteiger partial charge on any atom is 0.271 e. The van der Waals surface area contributed by atoms with Gasteiger partial charge in [-0.2, -0.15) is 0 Å². The number of aryl methyl sites for hydroxylation is 4. The molecule has 0 aliphatic carbocycles. The number of fused-ring (bicyclic) bond motifs is 1. The highest BCUT2D eigenvalue weighted by Crippen LogP contribution is 2.19. The molecule has 0 amide bonds. The third-order valence-electron chi connectivity index (χ3n) is 3.23. The quantitative estimate of drug-likeness (QED) is 0.733. The molecule has 0 aliphatic rings. The molecule has 0 saturated heterocycles. The van der Waals surface area contributed by atoms with E-state index in [1.807, 2.05) is 30.0 Å². The third-order valence-corrected chi connectivity index (χ3v) is 4.30. The van der Waals surface area contributed by atoms with E-state index < -0.39 is 0 Å². The molecule has 3 rings (SSSR count). The lowest BCUT2D eigenvalue weighted by molar-refractivity contribution is 0.553. The topological polar surface area (TPSA) is 52.7 Å². The first-order valence-corrected chi connectivity index (χ1v) is 6.96. The van der Waals surface area contributed by atoms with Crippen LogP contribution in [0, 0.1) is 13.8 Å². The fourth-order valence-corrected chi connectivity index (χ4v) is 3.02. The van der Waals surface area contributed by atoms with Crippen LogP contribution in [-0.4, -0.2) is 19.1 Å². The largest absolute Gasteiger partial charge is 0.333 e. The maximum absolute atomic E-state index is 12.3. The Balaban J connectivity index is 1.91. The number of nitrogens with zero attached hydrogens (tertiary/aromatic N) is 4. The second-order valence-corrected chi connectivity index (χ2v) is 5.39. The Morgan fingerprint density at radius 3 is 2.74 bits per heavy atom. The van der Waals surface area contributed by atoms with Crippen LogP contribution in [0.3, 0.4) is 0 Å². The van der Waals surface area contributed by atoms with Crippen LogP contribution in [0.5, 0.6) is 0 Å². The van der Waals surface area contributed by atoms with Crippen LogP contribution in [0.15, 0.2) is 28.9 Å². The van der Waals surface area contributed by atoms with Crippen molar-refractivity contribution in [1.29, 1.82) is 0 Å². The summed E-state index contributed by atoms with van der Waals surface area (Å²) in [6.07, 6.45) is 5.32. The molecular weight excluding hydrogens is 260 g/mol. The van der Waals surface area contributed by atoms with Crippen LogP contribution in [0.1, 0.15) is 11.4 Å². The molecule has 0 aliphatic heterocycles. The van der Waals surface area contributed by atoms with Crippen LogP contribution in [0.4, 0.5) is 0 Å². The summed E-state index contributed by atoms with van der Waals surface area (Å²) < 4.78 is 4.43. The van der Waals surface area contributed by atoms with Crippen molar-refractivity contribution >= 4 is 21.6 Å². The van der Waals surface area contributed by atoms with Crippen molar-refractivity contribution < 1.29 is 0 Å². The molecule has 0 fully saturated rings. The van der Waals surface area contributed by atoms with Gasteiger partial charge in [-0.05, 0) is 24.8 Å². The summed E-state index contributed by atoms with van der Waals surface area (Å²) in [5, 5.41) is 1.98. The van der Waals surface area contributed by atoms with E-state index in [0.717, 1.165) is 28.1 Å². The number of hydrogen-bond donors (Lipinski definition) is 0. The highest BCUT2D eigenvalue weighted by Gasteiger charge is 2.08.